The Morgan fingerprint density at radius 1 is 1.46 bits per heavy atom. The molecular formula is C9H18N2O2. The standard InChI is InChI=1S/C9H18N2O2/c1-8(2)7-11-9(12)10-5-4-6-13-3/h7H,4-6H2,1-3H3,(H2,10,11,12). The largest absolute Gasteiger partial charge is 0.385 e. The summed E-state index contributed by atoms with van der Waals surface area (Å²) in [7, 11) is 1.64. The summed E-state index contributed by atoms with van der Waals surface area (Å²) in [6.07, 6.45) is 2.50. The normalized spacial score (nSPS) is 9.15. The highest BCUT2D eigenvalue weighted by molar-refractivity contribution is 5.74. The van der Waals surface area contributed by atoms with E-state index in [4.69, 9.17) is 4.74 Å². The molecule has 2 N–H and O–H groups in total. The maximum atomic E-state index is 11.0. The molecule has 0 unspecified atom stereocenters. The molecule has 0 heterocycles. The lowest BCUT2D eigenvalue weighted by Crippen LogP contribution is -2.33. The predicted octanol–water partition coefficient (Wildman–Crippen LogP) is 1.25. The molecule has 0 atom stereocenters. The zero-order valence-electron chi connectivity index (χ0n) is 8.52. The first kappa shape index (κ1) is 12.0. The fourth-order valence-electron chi connectivity index (χ4n) is 0.679. The number of rotatable bonds is 5. The van der Waals surface area contributed by atoms with E-state index in [1.165, 1.54) is 0 Å². The van der Waals surface area contributed by atoms with Crippen LogP contribution in [-0.4, -0.2) is 26.3 Å². The Labute approximate surface area is 79.3 Å². The van der Waals surface area contributed by atoms with E-state index in [-0.39, 0.29) is 6.03 Å². The molecule has 0 saturated carbocycles. The number of carbonyl (C=O) groups excluding carboxylic acids is 1. The zero-order chi connectivity index (χ0) is 10.1. The molecule has 13 heavy (non-hydrogen) atoms. The molecule has 0 saturated heterocycles. The number of ether oxygens (including phenoxy) is 1. The molecule has 2 amide bonds. The highest BCUT2D eigenvalue weighted by atomic mass is 16.5. The molecule has 0 aliphatic carbocycles. The number of carbonyl (C=O) groups is 1. The Bertz CT molecular complexity index is 174. The summed E-state index contributed by atoms with van der Waals surface area (Å²) < 4.78 is 4.84. The van der Waals surface area contributed by atoms with E-state index in [1.54, 1.807) is 13.3 Å². The van der Waals surface area contributed by atoms with E-state index in [2.05, 4.69) is 10.6 Å². The first-order chi connectivity index (χ1) is 6.16. The fourth-order valence-corrected chi connectivity index (χ4v) is 0.679. The second-order valence-electron chi connectivity index (χ2n) is 2.97. The molecule has 0 spiro atoms. The van der Waals surface area contributed by atoms with Gasteiger partial charge in [0.1, 0.15) is 0 Å². The molecule has 0 radical (unpaired) electrons. The number of methoxy groups -OCH3 is 1. The van der Waals surface area contributed by atoms with Crippen LogP contribution < -0.4 is 10.6 Å². The van der Waals surface area contributed by atoms with E-state index in [0.717, 1.165) is 12.0 Å². The molecule has 0 fully saturated rings. The van der Waals surface area contributed by atoms with E-state index in [1.807, 2.05) is 13.8 Å². The van der Waals surface area contributed by atoms with Crippen LogP contribution in [0.15, 0.2) is 11.8 Å². The van der Waals surface area contributed by atoms with E-state index < -0.39 is 0 Å². The Morgan fingerprint density at radius 2 is 2.15 bits per heavy atom. The van der Waals surface area contributed by atoms with Gasteiger partial charge in [0.15, 0.2) is 0 Å². The van der Waals surface area contributed by atoms with Crippen LogP contribution in [0.1, 0.15) is 20.3 Å². The van der Waals surface area contributed by atoms with Crippen LogP contribution in [0.25, 0.3) is 0 Å². The molecule has 0 bridgehead atoms. The third kappa shape index (κ3) is 8.88. The van der Waals surface area contributed by atoms with Gasteiger partial charge >= 0.3 is 6.03 Å². The van der Waals surface area contributed by atoms with Gasteiger partial charge in [-0.05, 0) is 20.3 Å². The average Bonchev–Trinajstić information content (AvgIpc) is 2.09. The molecule has 0 aliphatic rings. The fraction of sp³-hybridized carbons (Fsp3) is 0.667. The van der Waals surface area contributed by atoms with E-state index >= 15 is 0 Å². The van der Waals surface area contributed by atoms with Crippen LogP contribution in [0.3, 0.4) is 0 Å². The first-order valence-electron chi connectivity index (χ1n) is 4.33. The van der Waals surface area contributed by atoms with Crippen molar-refractivity contribution < 1.29 is 9.53 Å². The topological polar surface area (TPSA) is 50.4 Å². The third-order valence-corrected chi connectivity index (χ3v) is 1.30. The minimum absolute atomic E-state index is 0.169. The summed E-state index contributed by atoms with van der Waals surface area (Å²) in [5, 5.41) is 5.30. The minimum atomic E-state index is -0.169. The van der Waals surface area contributed by atoms with Crippen molar-refractivity contribution in [2.45, 2.75) is 20.3 Å². The summed E-state index contributed by atoms with van der Waals surface area (Å²) in [6, 6.07) is -0.169. The molecule has 4 heteroatoms. The van der Waals surface area contributed by atoms with Crippen molar-refractivity contribution in [3.8, 4) is 0 Å². The molecule has 0 aromatic rings. The highest BCUT2D eigenvalue weighted by Crippen LogP contribution is 1.83. The van der Waals surface area contributed by atoms with Crippen molar-refractivity contribution in [2.75, 3.05) is 20.3 Å². The van der Waals surface area contributed by atoms with Gasteiger partial charge in [-0.15, -0.1) is 0 Å². The molecule has 0 aromatic heterocycles. The summed E-state index contributed by atoms with van der Waals surface area (Å²) >= 11 is 0. The second-order valence-corrected chi connectivity index (χ2v) is 2.97. The van der Waals surface area contributed by atoms with Gasteiger partial charge in [-0.25, -0.2) is 4.79 Å². The van der Waals surface area contributed by atoms with Gasteiger partial charge in [0, 0.05) is 26.5 Å². The van der Waals surface area contributed by atoms with Crippen LogP contribution in [-0.2, 0) is 4.74 Å². The second kappa shape index (κ2) is 7.61. The Morgan fingerprint density at radius 3 is 2.69 bits per heavy atom. The van der Waals surface area contributed by atoms with Gasteiger partial charge in [0.25, 0.3) is 0 Å². The van der Waals surface area contributed by atoms with Crippen LogP contribution >= 0.6 is 0 Å². The molecule has 0 rings (SSSR count). The summed E-state index contributed by atoms with van der Waals surface area (Å²) in [6.45, 7) is 5.15. The summed E-state index contributed by atoms with van der Waals surface area (Å²) in [4.78, 5) is 11.0. The van der Waals surface area contributed by atoms with Gasteiger partial charge in [-0.2, -0.15) is 0 Å². The minimum Gasteiger partial charge on any atom is -0.385 e. The molecular weight excluding hydrogens is 168 g/mol. The number of hydrogen-bond donors (Lipinski definition) is 2. The van der Waals surface area contributed by atoms with Gasteiger partial charge in [-0.1, -0.05) is 5.57 Å². The van der Waals surface area contributed by atoms with Crippen molar-refractivity contribution in [3.05, 3.63) is 11.8 Å². The van der Waals surface area contributed by atoms with Gasteiger partial charge in [-0.3, -0.25) is 0 Å². The van der Waals surface area contributed by atoms with Crippen molar-refractivity contribution in [3.63, 3.8) is 0 Å². The number of allylic oxidation sites excluding steroid dienone is 1. The van der Waals surface area contributed by atoms with Gasteiger partial charge in [0.05, 0.1) is 0 Å². The van der Waals surface area contributed by atoms with Crippen LogP contribution in [0, 0.1) is 0 Å². The number of amides is 2. The molecule has 76 valence electrons. The highest BCUT2D eigenvalue weighted by Gasteiger charge is 1.94. The quantitative estimate of drug-likeness (QED) is 0.635. The lowest BCUT2D eigenvalue weighted by molar-refractivity contribution is 0.193. The van der Waals surface area contributed by atoms with Crippen molar-refractivity contribution in [1.82, 2.24) is 10.6 Å². The van der Waals surface area contributed by atoms with E-state index in [9.17, 15) is 4.79 Å². The Balaban J connectivity index is 3.36. The smallest absolute Gasteiger partial charge is 0.318 e. The number of nitrogens with one attached hydrogen (secondary N) is 2. The van der Waals surface area contributed by atoms with Crippen molar-refractivity contribution >= 4 is 6.03 Å². The maximum Gasteiger partial charge on any atom is 0.318 e. The number of urea groups is 1. The van der Waals surface area contributed by atoms with Crippen molar-refractivity contribution in [1.29, 1.82) is 0 Å². The van der Waals surface area contributed by atoms with E-state index in [0.29, 0.717) is 13.2 Å². The SMILES string of the molecule is COCCCNC(=O)NC=C(C)C. The Kier molecular flexibility index (Phi) is 7.01. The zero-order valence-corrected chi connectivity index (χ0v) is 8.52. The summed E-state index contributed by atoms with van der Waals surface area (Å²) in [5.41, 5.74) is 1.06. The third-order valence-electron chi connectivity index (χ3n) is 1.30. The molecule has 4 nitrogen and oxygen atoms in total. The predicted molar refractivity (Wildman–Crippen MR) is 52.5 cm³/mol. The molecule has 0 aromatic carbocycles. The Hall–Kier alpha value is -1.03. The van der Waals surface area contributed by atoms with Gasteiger partial charge in [0.2, 0.25) is 0 Å². The number of hydrogen-bond acceptors (Lipinski definition) is 2. The maximum absolute atomic E-state index is 11.0. The average molecular weight is 186 g/mol. The summed E-state index contributed by atoms with van der Waals surface area (Å²) in [5.74, 6) is 0. The first-order valence-corrected chi connectivity index (χ1v) is 4.33. The molecule has 0 aliphatic heterocycles. The lowest BCUT2D eigenvalue weighted by atomic mass is 10.4. The monoisotopic (exact) mass is 186 g/mol. The van der Waals surface area contributed by atoms with Crippen molar-refractivity contribution in [2.24, 2.45) is 0 Å². The van der Waals surface area contributed by atoms with Crippen LogP contribution in [0.5, 0.6) is 0 Å². The lowest BCUT2D eigenvalue weighted by Gasteiger charge is -2.03. The van der Waals surface area contributed by atoms with Crippen LogP contribution in [0.2, 0.25) is 0 Å². The van der Waals surface area contributed by atoms with Gasteiger partial charge < -0.3 is 15.4 Å². The van der Waals surface area contributed by atoms with Crippen LogP contribution in [0.4, 0.5) is 4.79 Å².